The summed E-state index contributed by atoms with van der Waals surface area (Å²) in [6.07, 6.45) is -4.72. The Labute approximate surface area is 90.5 Å². The first kappa shape index (κ1) is 12.3. The van der Waals surface area contributed by atoms with Gasteiger partial charge in [-0.15, -0.1) is 0 Å². The lowest BCUT2D eigenvalue weighted by Crippen LogP contribution is -2.39. The SMILES string of the molecule is Cc1ccc(Cl)cc1C(C)(O)C(F)(F)F. The van der Waals surface area contributed by atoms with Gasteiger partial charge in [0.05, 0.1) is 0 Å². The average molecular weight is 239 g/mol. The first-order chi connectivity index (χ1) is 6.66. The van der Waals surface area contributed by atoms with Crippen molar-refractivity contribution in [1.82, 2.24) is 0 Å². The zero-order valence-corrected chi connectivity index (χ0v) is 8.95. The van der Waals surface area contributed by atoms with Crippen LogP contribution in [0.25, 0.3) is 0 Å². The van der Waals surface area contributed by atoms with Gasteiger partial charge in [0.2, 0.25) is 0 Å². The number of hydrogen-bond acceptors (Lipinski definition) is 1. The Balaban J connectivity index is 3.32. The van der Waals surface area contributed by atoms with Crippen LogP contribution in [0.2, 0.25) is 5.02 Å². The molecule has 5 heteroatoms. The van der Waals surface area contributed by atoms with Gasteiger partial charge in [-0.3, -0.25) is 0 Å². The third kappa shape index (κ3) is 2.26. The molecule has 1 atom stereocenters. The molecule has 0 saturated carbocycles. The lowest BCUT2D eigenvalue weighted by molar-refractivity contribution is -0.259. The molecule has 0 spiro atoms. The molecule has 0 amide bonds. The van der Waals surface area contributed by atoms with E-state index in [0.29, 0.717) is 12.5 Å². The van der Waals surface area contributed by atoms with Crippen LogP contribution in [-0.4, -0.2) is 11.3 Å². The minimum absolute atomic E-state index is 0.167. The van der Waals surface area contributed by atoms with Crippen LogP contribution in [0.15, 0.2) is 18.2 Å². The molecule has 1 nitrogen and oxygen atoms in total. The topological polar surface area (TPSA) is 20.2 Å². The summed E-state index contributed by atoms with van der Waals surface area (Å²) in [5, 5.41) is 9.61. The van der Waals surface area contributed by atoms with Gasteiger partial charge in [-0.2, -0.15) is 13.2 Å². The van der Waals surface area contributed by atoms with Gasteiger partial charge in [-0.25, -0.2) is 0 Å². The summed E-state index contributed by atoms with van der Waals surface area (Å²) in [7, 11) is 0. The molecular weight excluding hydrogens is 229 g/mol. The third-order valence-electron chi connectivity index (χ3n) is 2.28. The average Bonchev–Trinajstić information content (AvgIpc) is 2.07. The quantitative estimate of drug-likeness (QED) is 0.795. The van der Waals surface area contributed by atoms with Crippen molar-refractivity contribution in [2.75, 3.05) is 0 Å². The summed E-state index contributed by atoms with van der Waals surface area (Å²) in [4.78, 5) is 0. The van der Waals surface area contributed by atoms with Crippen LogP contribution in [0.4, 0.5) is 13.2 Å². The third-order valence-corrected chi connectivity index (χ3v) is 2.51. The minimum atomic E-state index is -4.72. The van der Waals surface area contributed by atoms with E-state index in [1.54, 1.807) is 0 Å². The van der Waals surface area contributed by atoms with Crippen molar-refractivity contribution in [3.05, 3.63) is 34.3 Å². The number of alkyl halides is 3. The normalized spacial score (nSPS) is 16.2. The fourth-order valence-electron chi connectivity index (χ4n) is 1.27. The summed E-state index contributed by atoms with van der Waals surface area (Å²) in [6.45, 7) is 2.21. The molecule has 0 aliphatic carbocycles. The van der Waals surface area contributed by atoms with Crippen LogP contribution < -0.4 is 0 Å². The van der Waals surface area contributed by atoms with Crippen LogP contribution in [0.1, 0.15) is 18.1 Å². The summed E-state index contributed by atoms with van der Waals surface area (Å²) in [5.41, 5.74) is -2.74. The van der Waals surface area contributed by atoms with E-state index in [2.05, 4.69) is 0 Å². The van der Waals surface area contributed by atoms with Crippen LogP contribution in [0.5, 0.6) is 0 Å². The van der Waals surface area contributed by atoms with Gasteiger partial charge < -0.3 is 5.11 Å². The predicted octanol–water partition coefficient (Wildman–Crippen LogP) is 3.42. The molecule has 1 unspecified atom stereocenters. The van der Waals surface area contributed by atoms with Gasteiger partial charge in [-0.1, -0.05) is 17.7 Å². The number of aryl methyl sites for hydroxylation is 1. The first-order valence-corrected chi connectivity index (χ1v) is 4.60. The summed E-state index contributed by atoms with van der Waals surface area (Å²) in [5.74, 6) is 0. The van der Waals surface area contributed by atoms with Crippen LogP contribution >= 0.6 is 11.6 Å². The molecule has 0 saturated heterocycles. The number of halogens is 4. The Hall–Kier alpha value is -0.740. The zero-order chi connectivity index (χ0) is 11.9. The van der Waals surface area contributed by atoms with E-state index in [1.165, 1.54) is 19.1 Å². The van der Waals surface area contributed by atoms with E-state index in [4.69, 9.17) is 11.6 Å². The van der Waals surface area contributed by atoms with Crippen molar-refractivity contribution < 1.29 is 18.3 Å². The molecule has 0 fully saturated rings. The van der Waals surface area contributed by atoms with Crippen LogP contribution in [0.3, 0.4) is 0 Å². The highest BCUT2D eigenvalue weighted by Gasteiger charge is 2.51. The number of rotatable bonds is 1. The maximum absolute atomic E-state index is 12.5. The summed E-state index contributed by atoms with van der Waals surface area (Å²) in [6, 6.07) is 4.05. The van der Waals surface area contributed by atoms with Crippen molar-refractivity contribution in [1.29, 1.82) is 0 Å². The van der Waals surface area contributed by atoms with Gasteiger partial charge in [0.25, 0.3) is 0 Å². The monoisotopic (exact) mass is 238 g/mol. The molecule has 1 N–H and O–H groups in total. The van der Waals surface area contributed by atoms with E-state index < -0.39 is 11.8 Å². The van der Waals surface area contributed by atoms with Crippen molar-refractivity contribution in [3.8, 4) is 0 Å². The molecular formula is C10H10ClF3O. The molecule has 84 valence electrons. The van der Waals surface area contributed by atoms with E-state index in [-0.39, 0.29) is 10.6 Å². The van der Waals surface area contributed by atoms with Crippen molar-refractivity contribution >= 4 is 11.6 Å². The second-order valence-corrected chi connectivity index (χ2v) is 3.97. The van der Waals surface area contributed by atoms with Gasteiger partial charge >= 0.3 is 6.18 Å². The van der Waals surface area contributed by atoms with Gasteiger partial charge in [0, 0.05) is 5.02 Å². The molecule has 1 aromatic rings. The largest absolute Gasteiger partial charge is 0.421 e. The number of aliphatic hydroxyl groups is 1. The maximum Gasteiger partial charge on any atom is 0.421 e. The molecule has 0 bridgehead atoms. The second kappa shape index (κ2) is 3.68. The Kier molecular flexibility index (Phi) is 3.03. The lowest BCUT2D eigenvalue weighted by Gasteiger charge is -2.28. The molecule has 1 aromatic carbocycles. The Morgan fingerprint density at radius 2 is 1.80 bits per heavy atom. The Bertz CT molecular complexity index is 371. The lowest BCUT2D eigenvalue weighted by atomic mass is 9.91. The zero-order valence-electron chi connectivity index (χ0n) is 8.19. The van der Waals surface area contributed by atoms with Crippen molar-refractivity contribution in [2.45, 2.75) is 25.6 Å². The Morgan fingerprint density at radius 3 is 2.27 bits per heavy atom. The molecule has 15 heavy (non-hydrogen) atoms. The number of benzene rings is 1. The van der Waals surface area contributed by atoms with Gasteiger partial charge in [0.1, 0.15) is 0 Å². The highest BCUT2D eigenvalue weighted by atomic mass is 35.5. The summed E-state index contributed by atoms with van der Waals surface area (Å²) >= 11 is 5.59. The van der Waals surface area contributed by atoms with Crippen molar-refractivity contribution in [2.24, 2.45) is 0 Å². The van der Waals surface area contributed by atoms with Crippen molar-refractivity contribution in [3.63, 3.8) is 0 Å². The number of hydrogen-bond donors (Lipinski definition) is 1. The molecule has 0 heterocycles. The highest BCUT2D eigenvalue weighted by Crippen LogP contribution is 2.40. The smallest absolute Gasteiger partial charge is 0.376 e. The molecule has 1 rings (SSSR count). The standard InChI is InChI=1S/C10H10ClF3O/c1-6-3-4-7(11)5-8(6)9(2,15)10(12,13)14/h3-5,15H,1-2H3. The van der Waals surface area contributed by atoms with E-state index in [0.717, 1.165) is 6.07 Å². The van der Waals surface area contributed by atoms with E-state index in [9.17, 15) is 18.3 Å². The molecule has 0 radical (unpaired) electrons. The Morgan fingerprint density at radius 1 is 1.27 bits per heavy atom. The van der Waals surface area contributed by atoms with E-state index >= 15 is 0 Å². The van der Waals surface area contributed by atoms with Crippen LogP contribution in [-0.2, 0) is 5.60 Å². The van der Waals surface area contributed by atoms with Gasteiger partial charge in [-0.05, 0) is 37.1 Å². The fraction of sp³-hybridized carbons (Fsp3) is 0.400. The summed E-state index contributed by atoms with van der Waals surface area (Å²) < 4.78 is 37.6. The van der Waals surface area contributed by atoms with E-state index in [1.807, 2.05) is 0 Å². The maximum atomic E-state index is 12.5. The van der Waals surface area contributed by atoms with Gasteiger partial charge in [0.15, 0.2) is 5.60 Å². The minimum Gasteiger partial charge on any atom is -0.376 e. The first-order valence-electron chi connectivity index (χ1n) is 4.22. The predicted molar refractivity (Wildman–Crippen MR) is 51.8 cm³/mol. The van der Waals surface area contributed by atoms with Crippen LogP contribution in [0, 0.1) is 6.92 Å². The fourth-order valence-corrected chi connectivity index (χ4v) is 1.44. The molecule has 0 aliphatic rings. The molecule has 0 aromatic heterocycles. The molecule has 0 aliphatic heterocycles. The highest BCUT2D eigenvalue weighted by molar-refractivity contribution is 6.30. The second-order valence-electron chi connectivity index (χ2n) is 3.53.